The fraction of sp³-hybridized carbons (Fsp3) is 0.136. The summed E-state index contributed by atoms with van der Waals surface area (Å²) >= 11 is 0. The lowest BCUT2D eigenvalue weighted by Crippen LogP contribution is -2.38. The van der Waals surface area contributed by atoms with Crippen LogP contribution in [0.2, 0.25) is 0 Å². The predicted octanol–water partition coefficient (Wildman–Crippen LogP) is 3.95. The van der Waals surface area contributed by atoms with Gasteiger partial charge in [-0.05, 0) is 11.6 Å². The van der Waals surface area contributed by atoms with E-state index < -0.39 is 25.4 Å². The number of hydrogen-bond acceptors (Lipinski definition) is 5. The Kier molecular flexibility index (Phi) is 4.70. The Morgan fingerprint density at radius 3 is 2.11 bits per heavy atom. The van der Waals surface area contributed by atoms with E-state index in [-0.39, 0.29) is 5.57 Å². The van der Waals surface area contributed by atoms with Gasteiger partial charge in [0.05, 0.1) is 30.6 Å². The standard InChI is InChI=1S/C22H18NO4P/c1-26-20(24)17-18(21(25)27-2)28-14-13-22(17,16-11-7-4-8-12-16)23-19(28)15-9-5-3-6-10-15/h3-14H,1-2H3. The van der Waals surface area contributed by atoms with Gasteiger partial charge in [0.25, 0.3) is 0 Å². The van der Waals surface area contributed by atoms with Crippen LogP contribution >= 0.6 is 7.92 Å². The second kappa shape index (κ2) is 7.17. The molecule has 2 aromatic rings. The average Bonchev–Trinajstić information content (AvgIpc) is 2.78. The van der Waals surface area contributed by atoms with Crippen molar-refractivity contribution in [3.8, 4) is 0 Å². The first-order chi connectivity index (χ1) is 13.6. The van der Waals surface area contributed by atoms with E-state index in [2.05, 4.69) is 0 Å². The normalized spacial score (nSPS) is 22.6. The van der Waals surface area contributed by atoms with E-state index >= 15 is 0 Å². The van der Waals surface area contributed by atoms with E-state index in [1.54, 1.807) is 0 Å². The third kappa shape index (κ3) is 2.71. The summed E-state index contributed by atoms with van der Waals surface area (Å²) in [6, 6.07) is 19.2. The number of esters is 2. The Bertz CT molecular complexity index is 1030. The summed E-state index contributed by atoms with van der Waals surface area (Å²) in [6.07, 6.45) is 1.90. The summed E-state index contributed by atoms with van der Waals surface area (Å²) in [6.45, 7) is 0. The minimum atomic E-state index is -1.28. The van der Waals surface area contributed by atoms with Gasteiger partial charge in [-0.1, -0.05) is 66.5 Å². The van der Waals surface area contributed by atoms with Crippen LogP contribution in [0.15, 0.2) is 88.4 Å². The zero-order valence-electron chi connectivity index (χ0n) is 15.5. The molecule has 0 aliphatic carbocycles. The predicted molar refractivity (Wildman–Crippen MR) is 108 cm³/mol. The molecule has 2 unspecified atom stereocenters. The lowest BCUT2D eigenvalue weighted by atomic mass is 9.82. The van der Waals surface area contributed by atoms with Gasteiger partial charge in [-0.15, -0.1) is 0 Å². The summed E-state index contributed by atoms with van der Waals surface area (Å²) in [7, 11) is 1.35. The van der Waals surface area contributed by atoms with E-state index in [4.69, 9.17) is 14.5 Å². The van der Waals surface area contributed by atoms with E-state index in [0.717, 1.165) is 16.6 Å². The molecule has 0 fully saturated rings. The number of rotatable bonds is 4. The van der Waals surface area contributed by atoms with E-state index in [1.807, 2.05) is 72.6 Å². The third-order valence-corrected chi connectivity index (χ3v) is 7.00. The van der Waals surface area contributed by atoms with Gasteiger partial charge in [-0.2, -0.15) is 0 Å². The van der Waals surface area contributed by atoms with Gasteiger partial charge >= 0.3 is 11.9 Å². The molecule has 6 heteroatoms. The summed E-state index contributed by atoms with van der Waals surface area (Å²) < 4.78 is 10.1. The van der Waals surface area contributed by atoms with Gasteiger partial charge in [0, 0.05) is 13.5 Å². The van der Waals surface area contributed by atoms with E-state index in [9.17, 15) is 9.59 Å². The summed E-state index contributed by atoms with van der Waals surface area (Å²) in [5.74, 6) is 0.882. The first-order valence-electron chi connectivity index (χ1n) is 8.73. The number of carbonyl (C=O) groups excluding carboxylic acids is 2. The van der Waals surface area contributed by atoms with Crippen LogP contribution in [0.4, 0.5) is 0 Å². The van der Waals surface area contributed by atoms with Gasteiger partial charge in [0.1, 0.15) is 5.54 Å². The van der Waals surface area contributed by atoms with Crippen LogP contribution in [0.25, 0.3) is 0 Å². The van der Waals surface area contributed by atoms with Gasteiger partial charge in [-0.3, -0.25) is 4.99 Å². The number of carbonyl (C=O) groups is 2. The summed E-state index contributed by atoms with van der Waals surface area (Å²) in [5.41, 5.74) is 1.61. The van der Waals surface area contributed by atoms with Gasteiger partial charge in [-0.25, -0.2) is 9.59 Å². The highest BCUT2D eigenvalue weighted by Crippen LogP contribution is 2.63. The third-order valence-electron chi connectivity index (χ3n) is 4.85. The van der Waals surface area contributed by atoms with Crippen LogP contribution in [0.5, 0.6) is 0 Å². The van der Waals surface area contributed by atoms with Gasteiger partial charge in [0.2, 0.25) is 0 Å². The van der Waals surface area contributed by atoms with Crippen LogP contribution in [-0.4, -0.2) is 31.6 Å². The van der Waals surface area contributed by atoms with Crippen molar-refractivity contribution < 1.29 is 19.1 Å². The molecule has 0 spiro atoms. The maximum atomic E-state index is 12.8. The zero-order chi connectivity index (χ0) is 19.7. The fourth-order valence-electron chi connectivity index (χ4n) is 3.57. The number of benzene rings is 2. The quantitative estimate of drug-likeness (QED) is 0.585. The van der Waals surface area contributed by atoms with Crippen molar-refractivity contribution in [2.24, 2.45) is 4.99 Å². The Hall–Kier alpha value is -3.04. The molecule has 0 amide bonds. The lowest BCUT2D eigenvalue weighted by molar-refractivity contribution is -0.139. The Morgan fingerprint density at radius 2 is 1.50 bits per heavy atom. The molecule has 140 valence electrons. The molecule has 0 aromatic heterocycles. The van der Waals surface area contributed by atoms with Crippen LogP contribution in [-0.2, 0) is 24.6 Å². The number of ether oxygens (including phenoxy) is 2. The molecule has 0 N–H and O–H groups in total. The highest BCUT2D eigenvalue weighted by atomic mass is 31.1. The van der Waals surface area contributed by atoms with Crippen molar-refractivity contribution in [3.05, 3.63) is 94.6 Å². The first kappa shape index (κ1) is 18.3. The topological polar surface area (TPSA) is 65.0 Å². The molecule has 2 bridgehead atoms. The van der Waals surface area contributed by atoms with Crippen molar-refractivity contribution in [1.82, 2.24) is 0 Å². The van der Waals surface area contributed by atoms with E-state index in [0.29, 0.717) is 5.31 Å². The van der Waals surface area contributed by atoms with Gasteiger partial charge in [0.15, 0.2) is 0 Å². The van der Waals surface area contributed by atoms with Crippen molar-refractivity contribution in [3.63, 3.8) is 0 Å². The van der Waals surface area contributed by atoms with Crippen molar-refractivity contribution in [2.45, 2.75) is 5.54 Å². The molecule has 2 aromatic carbocycles. The van der Waals surface area contributed by atoms with Crippen molar-refractivity contribution >= 4 is 25.3 Å². The molecule has 2 atom stereocenters. The summed E-state index contributed by atoms with van der Waals surface area (Å²) in [5, 5.41) is 0.338. The molecule has 5 rings (SSSR count). The SMILES string of the molecule is COC(=O)C1=C(C(=O)OC)C2(c3ccccc3)C=CP1C(c1ccccc1)=N2. The average molecular weight is 391 g/mol. The number of aliphatic imine (C=N–C) groups is 1. The monoisotopic (exact) mass is 391 g/mol. The van der Waals surface area contributed by atoms with Crippen LogP contribution in [0.3, 0.4) is 0 Å². The maximum absolute atomic E-state index is 12.8. The molecular formula is C22H18NO4P. The molecular weight excluding hydrogens is 373 g/mol. The first-order valence-corrected chi connectivity index (χ1v) is 10.1. The minimum Gasteiger partial charge on any atom is -0.466 e. The fourth-order valence-corrected chi connectivity index (χ4v) is 5.92. The molecule has 3 aliphatic rings. The lowest BCUT2D eigenvalue weighted by Gasteiger charge is -2.41. The molecule has 0 radical (unpaired) electrons. The number of nitrogens with zero attached hydrogens (tertiary/aromatic N) is 1. The molecule has 28 heavy (non-hydrogen) atoms. The molecule has 3 aliphatic heterocycles. The highest BCUT2D eigenvalue weighted by Gasteiger charge is 2.51. The van der Waals surface area contributed by atoms with Gasteiger partial charge < -0.3 is 9.47 Å². The smallest absolute Gasteiger partial charge is 0.339 e. The molecule has 0 saturated carbocycles. The second-order valence-corrected chi connectivity index (χ2v) is 8.24. The minimum absolute atomic E-state index is 0.237. The summed E-state index contributed by atoms with van der Waals surface area (Å²) in [4.78, 5) is 30.6. The Labute approximate surface area is 164 Å². The number of methoxy groups -OCH3 is 2. The Balaban J connectivity index is 2.04. The molecule has 5 nitrogen and oxygen atoms in total. The van der Waals surface area contributed by atoms with Crippen LogP contribution in [0, 0.1) is 0 Å². The van der Waals surface area contributed by atoms with Crippen LogP contribution in [0.1, 0.15) is 11.1 Å². The maximum Gasteiger partial charge on any atom is 0.339 e. The molecule has 0 saturated heterocycles. The van der Waals surface area contributed by atoms with Crippen LogP contribution < -0.4 is 0 Å². The van der Waals surface area contributed by atoms with Crippen molar-refractivity contribution in [2.75, 3.05) is 14.2 Å². The zero-order valence-corrected chi connectivity index (χ0v) is 16.4. The second-order valence-electron chi connectivity index (χ2n) is 6.33. The number of hydrogen-bond donors (Lipinski definition) is 0. The van der Waals surface area contributed by atoms with Crippen molar-refractivity contribution in [1.29, 1.82) is 0 Å². The van der Waals surface area contributed by atoms with E-state index in [1.165, 1.54) is 14.2 Å². The molecule has 3 heterocycles. The largest absolute Gasteiger partial charge is 0.466 e. The Morgan fingerprint density at radius 1 is 0.893 bits per heavy atom. The highest BCUT2D eigenvalue weighted by molar-refractivity contribution is 7.83.